The molecule has 0 radical (unpaired) electrons. The molecule has 0 spiro atoms. The lowest BCUT2D eigenvalue weighted by Crippen LogP contribution is -1.92. The zero-order valence-corrected chi connectivity index (χ0v) is 6.95. The first kappa shape index (κ1) is 7.17. The van der Waals surface area contributed by atoms with Crippen LogP contribution in [-0.2, 0) is 0 Å². The van der Waals surface area contributed by atoms with Gasteiger partial charge in [-0.15, -0.1) is 11.3 Å². The van der Waals surface area contributed by atoms with Crippen molar-refractivity contribution in [2.45, 2.75) is 0 Å². The van der Waals surface area contributed by atoms with Crippen LogP contribution in [0.25, 0.3) is 11.3 Å². The van der Waals surface area contributed by atoms with Gasteiger partial charge in [0.05, 0.1) is 29.3 Å². The predicted octanol–water partition coefficient (Wildman–Crippen LogP) is 1.18. The van der Waals surface area contributed by atoms with Gasteiger partial charge >= 0.3 is 0 Å². The molecule has 0 atom stereocenters. The fourth-order valence-electron chi connectivity index (χ4n) is 0.890. The van der Waals surface area contributed by atoms with E-state index >= 15 is 0 Å². The number of thiazole rings is 1. The quantitative estimate of drug-likeness (QED) is 0.712. The Morgan fingerprint density at radius 1 is 1.25 bits per heavy atom. The third-order valence-electron chi connectivity index (χ3n) is 1.47. The summed E-state index contributed by atoms with van der Waals surface area (Å²) in [5.41, 5.74) is 9.73. The highest BCUT2D eigenvalue weighted by molar-refractivity contribution is 7.07. The smallest absolute Gasteiger partial charge is 0.0848 e. The van der Waals surface area contributed by atoms with Gasteiger partial charge < -0.3 is 5.73 Å². The van der Waals surface area contributed by atoms with Crippen molar-refractivity contribution in [3.05, 3.63) is 23.3 Å². The van der Waals surface area contributed by atoms with Crippen LogP contribution in [0.4, 0.5) is 5.69 Å². The number of rotatable bonds is 1. The molecule has 60 valence electrons. The van der Waals surface area contributed by atoms with E-state index in [0.717, 1.165) is 11.3 Å². The summed E-state index contributed by atoms with van der Waals surface area (Å²) < 4.78 is 0. The maximum absolute atomic E-state index is 5.67. The van der Waals surface area contributed by atoms with Crippen molar-refractivity contribution in [1.29, 1.82) is 0 Å². The summed E-state index contributed by atoms with van der Waals surface area (Å²) in [6, 6.07) is 0. The summed E-state index contributed by atoms with van der Waals surface area (Å²) in [4.78, 5) is 4.12. The molecule has 0 aliphatic heterocycles. The van der Waals surface area contributed by atoms with Crippen molar-refractivity contribution >= 4 is 17.0 Å². The van der Waals surface area contributed by atoms with Crippen LogP contribution >= 0.6 is 11.3 Å². The summed E-state index contributed by atoms with van der Waals surface area (Å²) >= 11 is 1.53. The van der Waals surface area contributed by atoms with E-state index < -0.39 is 0 Å². The van der Waals surface area contributed by atoms with Crippen LogP contribution in [0, 0.1) is 0 Å². The minimum Gasteiger partial charge on any atom is -0.397 e. The summed E-state index contributed by atoms with van der Waals surface area (Å²) in [6.45, 7) is 0. The molecule has 0 bridgehead atoms. The van der Waals surface area contributed by atoms with E-state index in [-0.39, 0.29) is 0 Å². The van der Waals surface area contributed by atoms with E-state index in [9.17, 15) is 0 Å². The zero-order chi connectivity index (χ0) is 8.39. The van der Waals surface area contributed by atoms with Gasteiger partial charge in [0.2, 0.25) is 0 Å². The van der Waals surface area contributed by atoms with E-state index in [2.05, 4.69) is 15.2 Å². The van der Waals surface area contributed by atoms with Gasteiger partial charge in [0.1, 0.15) is 0 Å². The maximum Gasteiger partial charge on any atom is 0.0848 e. The number of nitrogen functional groups attached to an aromatic ring is 1. The number of nitrogens with zero attached hydrogens (tertiary/aromatic N) is 3. The molecule has 2 aromatic rings. The summed E-state index contributed by atoms with van der Waals surface area (Å²) in [6.07, 6.45) is 3.14. The largest absolute Gasteiger partial charge is 0.397 e. The Morgan fingerprint density at radius 2 is 2.08 bits per heavy atom. The van der Waals surface area contributed by atoms with E-state index in [1.54, 1.807) is 11.7 Å². The molecule has 0 fully saturated rings. The molecular weight excluding hydrogens is 172 g/mol. The van der Waals surface area contributed by atoms with Crippen LogP contribution in [-0.4, -0.2) is 15.2 Å². The highest BCUT2D eigenvalue weighted by Gasteiger charge is 2.03. The van der Waals surface area contributed by atoms with E-state index in [1.807, 2.05) is 5.38 Å². The summed E-state index contributed by atoms with van der Waals surface area (Å²) in [5.74, 6) is 0. The Hall–Kier alpha value is -1.49. The molecule has 4 nitrogen and oxygen atoms in total. The van der Waals surface area contributed by atoms with Crippen molar-refractivity contribution in [2.75, 3.05) is 5.73 Å². The standard InChI is InChI=1S/C7H6N4S/c8-6-2-11-10-1-5(6)7-3-12-4-9-7/h1-4H,(H2,8,10). The molecule has 2 aromatic heterocycles. The van der Waals surface area contributed by atoms with Crippen LogP contribution in [0.5, 0.6) is 0 Å². The molecule has 2 heterocycles. The van der Waals surface area contributed by atoms with Gasteiger partial charge in [-0.05, 0) is 0 Å². The molecule has 2 N–H and O–H groups in total. The molecular formula is C7H6N4S. The van der Waals surface area contributed by atoms with E-state index in [0.29, 0.717) is 5.69 Å². The Balaban J connectivity index is 2.55. The average Bonchev–Trinajstić information content (AvgIpc) is 2.57. The molecule has 0 unspecified atom stereocenters. The highest BCUT2D eigenvalue weighted by Crippen LogP contribution is 2.22. The van der Waals surface area contributed by atoms with Gasteiger partial charge in [-0.25, -0.2) is 4.98 Å². The fraction of sp³-hybridized carbons (Fsp3) is 0. The second kappa shape index (κ2) is 2.86. The summed E-state index contributed by atoms with van der Waals surface area (Å²) in [5, 5.41) is 9.32. The fourth-order valence-corrected chi connectivity index (χ4v) is 1.44. The second-order valence-corrected chi connectivity index (χ2v) is 2.95. The lowest BCUT2D eigenvalue weighted by Gasteiger charge is -1.97. The minimum atomic E-state index is 0.607. The van der Waals surface area contributed by atoms with Crippen LogP contribution in [0.1, 0.15) is 0 Å². The molecule has 0 saturated carbocycles. The van der Waals surface area contributed by atoms with Gasteiger partial charge in [0.15, 0.2) is 0 Å². The Labute approximate surface area is 73.1 Å². The van der Waals surface area contributed by atoms with Crippen LogP contribution in [0.2, 0.25) is 0 Å². The van der Waals surface area contributed by atoms with Gasteiger partial charge in [-0.3, -0.25) is 0 Å². The second-order valence-electron chi connectivity index (χ2n) is 2.23. The Morgan fingerprint density at radius 3 is 2.75 bits per heavy atom. The predicted molar refractivity (Wildman–Crippen MR) is 47.6 cm³/mol. The molecule has 0 aliphatic carbocycles. The average molecular weight is 178 g/mol. The van der Waals surface area contributed by atoms with Crippen molar-refractivity contribution in [1.82, 2.24) is 15.2 Å². The first-order valence-electron chi connectivity index (χ1n) is 3.32. The molecule has 2 rings (SSSR count). The van der Waals surface area contributed by atoms with Crippen molar-refractivity contribution in [2.24, 2.45) is 0 Å². The van der Waals surface area contributed by atoms with Crippen LogP contribution < -0.4 is 5.73 Å². The van der Waals surface area contributed by atoms with Gasteiger partial charge in [0.25, 0.3) is 0 Å². The van der Waals surface area contributed by atoms with Gasteiger partial charge in [0, 0.05) is 10.9 Å². The van der Waals surface area contributed by atoms with Crippen molar-refractivity contribution < 1.29 is 0 Å². The van der Waals surface area contributed by atoms with Crippen molar-refractivity contribution in [3.63, 3.8) is 0 Å². The van der Waals surface area contributed by atoms with Crippen LogP contribution in [0.3, 0.4) is 0 Å². The third kappa shape index (κ3) is 1.14. The molecule has 5 heteroatoms. The Kier molecular flexibility index (Phi) is 1.71. The molecule has 12 heavy (non-hydrogen) atoms. The van der Waals surface area contributed by atoms with Crippen LogP contribution in [0.15, 0.2) is 23.3 Å². The van der Waals surface area contributed by atoms with E-state index in [4.69, 9.17) is 5.73 Å². The number of hydrogen-bond donors (Lipinski definition) is 1. The zero-order valence-electron chi connectivity index (χ0n) is 6.14. The monoisotopic (exact) mass is 178 g/mol. The molecule has 0 aromatic carbocycles. The first-order chi connectivity index (χ1) is 5.88. The van der Waals surface area contributed by atoms with Gasteiger partial charge in [-0.2, -0.15) is 10.2 Å². The third-order valence-corrected chi connectivity index (χ3v) is 2.06. The Bertz CT molecular complexity index is 371. The molecule has 0 saturated heterocycles. The molecule has 0 aliphatic rings. The normalized spacial score (nSPS) is 10.0. The van der Waals surface area contributed by atoms with E-state index in [1.165, 1.54) is 17.5 Å². The van der Waals surface area contributed by atoms with Crippen molar-refractivity contribution in [3.8, 4) is 11.3 Å². The number of anilines is 1. The lowest BCUT2D eigenvalue weighted by molar-refractivity contribution is 1.03. The minimum absolute atomic E-state index is 0.607. The first-order valence-corrected chi connectivity index (χ1v) is 4.27. The lowest BCUT2D eigenvalue weighted by atomic mass is 10.2. The molecule has 0 amide bonds. The number of aromatic nitrogens is 3. The maximum atomic E-state index is 5.67. The highest BCUT2D eigenvalue weighted by atomic mass is 32.1. The number of nitrogens with two attached hydrogens (primary N) is 1. The summed E-state index contributed by atoms with van der Waals surface area (Å²) in [7, 11) is 0. The SMILES string of the molecule is Nc1cnncc1-c1cscn1. The van der Waals surface area contributed by atoms with Gasteiger partial charge in [-0.1, -0.05) is 0 Å². The topological polar surface area (TPSA) is 64.7 Å². The number of hydrogen-bond acceptors (Lipinski definition) is 5.